The summed E-state index contributed by atoms with van der Waals surface area (Å²) in [6, 6.07) is 4.55. The minimum atomic E-state index is -2.66. The highest BCUT2D eigenvalue weighted by Gasteiger charge is 2.48. The molecule has 3 N–H and O–H groups in total. The number of amides is 1. The molecule has 0 bridgehead atoms. The average Bonchev–Trinajstić information content (AvgIpc) is 3.53. The number of benzene rings is 1. The van der Waals surface area contributed by atoms with Crippen LogP contribution in [-0.4, -0.2) is 89.2 Å². The van der Waals surface area contributed by atoms with Gasteiger partial charge in [-0.2, -0.15) is 5.10 Å². The van der Waals surface area contributed by atoms with Crippen molar-refractivity contribution in [1.29, 1.82) is 5.41 Å². The van der Waals surface area contributed by atoms with Gasteiger partial charge in [0.25, 0.3) is 6.43 Å². The van der Waals surface area contributed by atoms with Gasteiger partial charge in [0.2, 0.25) is 5.91 Å². The third-order valence-electron chi connectivity index (χ3n) is 11.4. The molecule has 2 aromatic rings. The molecule has 1 spiro atoms. The summed E-state index contributed by atoms with van der Waals surface area (Å²) in [6.45, 7) is 11.7. The van der Waals surface area contributed by atoms with Crippen LogP contribution in [0.1, 0.15) is 89.7 Å². The van der Waals surface area contributed by atoms with Crippen LogP contribution in [0.2, 0.25) is 0 Å². The number of aryl methyl sites for hydroxylation is 2. The molecule has 1 saturated heterocycles. The van der Waals surface area contributed by atoms with E-state index < -0.39 is 6.43 Å². The number of hydrogen-bond acceptors (Lipinski definition) is 6. The number of nitrogens with zero attached hydrogens (tertiary/aromatic N) is 5. The van der Waals surface area contributed by atoms with Crippen LogP contribution >= 0.6 is 0 Å². The summed E-state index contributed by atoms with van der Waals surface area (Å²) in [5.74, 6) is 0.307. The predicted molar refractivity (Wildman–Crippen MR) is 188 cm³/mol. The Kier molecular flexibility index (Phi) is 10.6. The van der Waals surface area contributed by atoms with Crippen molar-refractivity contribution >= 4 is 17.4 Å². The van der Waals surface area contributed by atoms with E-state index >= 15 is 0 Å². The second kappa shape index (κ2) is 14.7. The molecule has 0 unspecified atom stereocenters. The van der Waals surface area contributed by atoms with Gasteiger partial charge in [-0.25, -0.2) is 8.78 Å². The van der Waals surface area contributed by atoms with Gasteiger partial charge < -0.3 is 20.4 Å². The third kappa shape index (κ3) is 7.04. The molecule has 11 heteroatoms. The van der Waals surface area contributed by atoms with E-state index in [-0.39, 0.29) is 11.5 Å². The summed E-state index contributed by atoms with van der Waals surface area (Å²) in [5, 5.41) is 21.0. The average molecular weight is 665 g/mol. The van der Waals surface area contributed by atoms with E-state index in [1.54, 1.807) is 42.0 Å². The van der Waals surface area contributed by atoms with E-state index in [4.69, 9.17) is 0 Å². The second-order valence-corrected chi connectivity index (χ2v) is 14.3. The smallest absolute Gasteiger partial charge is 0.264 e. The zero-order chi connectivity index (χ0) is 34.0. The molecule has 2 aliphatic carbocycles. The Morgan fingerprint density at radius 3 is 2.46 bits per heavy atom. The number of fused-ring (bicyclic) bond motifs is 1. The number of aromatic nitrogens is 2. The number of halogens is 2. The molecule has 262 valence electrons. The highest BCUT2D eigenvalue weighted by Crippen LogP contribution is 2.53. The maximum atomic E-state index is 14.5. The number of alkyl halides is 2. The molecule has 3 fully saturated rings. The lowest BCUT2D eigenvalue weighted by Crippen LogP contribution is -2.57. The maximum absolute atomic E-state index is 14.5. The number of piperazine rings is 1. The van der Waals surface area contributed by atoms with Crippen LogP contribution < -0.4 is 15.5 Å². The van der Waals surface area contributed by atoms with E-state index in [0.717, 1.165) is 61.6 Å². The Bertz CT molecular complexity index is 1500. The largest absolute Gasteiger partial charge is 0.385 e. The summed E-state index contributed by atoms with van der Waals surface area (Å²) in [4.78, 5) is 18.9. The minimum Gasteiger partial charge on any atom is -0.385 e. The van der Waals surface area contributed by atoms with Gasteiger partial charge in [-0.15, -0.1) is 0 Å². The molecule has 1 amide bonds. The lowest BCUT2D eigenvalue weighted by atomic mass is 9.57. The summed E-state index contributed by atoms with van der Waals surface area (Å²) >= 11 is 0. The van der Waals surface area contributed by atoms with E-state index in [2.05, 4.69) is 20.6 Å². The molecule has 2 saturated carbocycles. The van der Waals surface area contributed by atoms with Crippen LogP contribution in [0.3, 0.4) is 0 Å². The number of carbonyl (C=O) groups excluding carboxylic acids is 1. The van der Waals surface area contributed by atoms with Crippen molar-refractivity contribution in [2.45, 2.75) is 97.1 Å². The number of anilines is 1. The fourth-order valence-electron chi connectivity index (χ4n) is 8.72. The van der Waals surface area contributed by atoms with Crippen molar-refractivity contribution in [2.24, 2.45) is 12.5 Å². The highest BCUT2D eigenvalue weighted by molar-refractivity contribution is 6.09. The lowest BCUT2D eigenvalue weighted by molar-refractivity contribution is -0.128. The molecule has 0 radical (unpaired) electrons. The molecular formula is C37H54F2N8O. The first-order valence-electron chi connectivity index (χ1n) is 18.2. The molecule has 5 aliphatic rings. The van der Waals surface area contributed by atoms with Crippen LogP contribution in [0.25, 0.3) is 11.1 Å². The SMILES string of the molecule is CC.CC(=O)N1CCC(NC2CCC3(CC2)CC(N2CCNCC2)C3)=C(C(=N)N2CCCc3cc(-c4cnn(C)c4)c(C(F)F)cc32)C1. The fraction of sp³-hybridized carbons (Fsp3) is 0.649. The molecule has 4 heterocycles. The summed E-state index contributed by atoms with van der Waals surface area (Å²) in [6.07, 6.45) is 10.4. The van der Waals surface area contributed by atoms with Gasteiger partial charge in [0.1, 0.15) is 5.84 Å². The van der Waals surface area contributed by atoms with E-state index in [0.29, 0.717) is 60.2 Å². The maximum Gasteiger partial charge on any atom is 0.264 e. The summed E-state index contributed by atoms with van der Waals surface area (Å²) in [5.41, 5.74) is 5.11. The summed E-state index contributed by atoms with van der Waals surface area (Å²) < 4.78 is 30.6. The Balaban J connectivity index is 0.00000197. The van der Waals surface area contributed by atoms with Gasteiger partial charge >= 0.3 is 0 Å². The van der Waals surface area contributed by atoms with Crippen molar-refractivity contribution in [3.8, 4) is 11.1 Å². The zero-order valence-corrected chi connectivity index (χ0v) is 29.3. The van der Waals surface area contributed by atoms with Gasteiger partial charge in [-0.1, -0.05) is 13.8 Å². The normalized spacial score (nSPS) is 26.1. The number of rotatable bonds is 6. The molecule has 1 aromatic heterocycles. The molecule has 48 heavy (non-hydrogen) atoms. The second-order valence-electron chi connectivity index (χ2n) is 14.3. The van der Waals surface area contributed by atoms with Crippen LogP contribution in [0.15, 0.2) is 35.8 Å². The summed E-state index contributed by atoms with van der Waals surface area (Å²) in [7, 11) is 1.78. The standard InChI is InChI=1S/C35H48F2N8O.C2H6/c1-23(46)44-13-7-31(41-26-5-8-35(9-6-26)18-27(19-35)43-14-10-39-11-15-43)30(22-44)34(38)45-12-3-4-24-16-28(25-20-40-42(2)21-25)29(33(36)37)17-32(24)45;1-2/h16-17,20-21,26-27,33,38-39,41H,3-15,18-19,22H2,1-2H3;1-2H3. The van der Waals surface area contributed by atoms with Crippen LogP contribution in [0.5, 0.6) is 0 Å². The Morgan fingerprint density at radius 2 is 1.81 bits per heavy atom. The van der Waals surface area contributed by atoms with Crippen LogP contribution in [0.4, 0.5) is 14.5 Å². The minimum absolute atomic E-state index is 0.00637. The monoisotopic (exact) mass is 664 g/mol. The fourth-order valence-corrected chi connectivity index (χ4v) is 8.72. The first-order valence-corrected chi connectivity index (χ1v) is 18.2. The van der Waals surface area contributed by atoms with Gasteiger partial charge in [0.05, 0.1) is 12.7 Å². The van der Waals surface area contributed by atoms with Crippen LogP contribution in [0, 0.1) is 10.8 Å². The van der Waals surface area contributed by atoms with E-state index in [9.17, 15) is 19.0 Å². The molecule has 7 rings (SSSR count). The van der Waals surface area contributed by atoms with Gasteiger partial charge in [-0.05, 0) is 80.0 Å². The highest BCUT2D eigenvalue weighted by atomic mass is 19.3. The number of nitrogens with one attached hydrogen (secondary N) is 3. The number of amidine groups is 1. The lowest BCUT2D eigenvalue weighted by Gasteiger charge is -2.55. The molecule has 1 aromatic carbocycles. The molecule has 3 aliphatic heterocycles. The molecule has 0 atom stereocenters. The van der Waals surface area contributed by atoms with Gasteiger partial charge in [-0.3, -0.25) is 19.8 Å². The van der Waals surface area contributed by atoms with E-state index in [1.807, 2.05) is 24.8 Å². The zero-order valence-electron chi connectivity index (χ0n) is 29.3. The van der Waals surface area contributed by atoms with Gasteiger partial charge in [0.15, 0.2) is 0 Å². The molecular weight excluding hydrogens is 610 g/mol. The van der Waals surface area contributed by atoms with E-state index in [1.165, 1.54) is 38.8 Å². The van der Waals surface area contributed by atoms with Crippen LogP contribution in [-0.2, 0) is 18.3 Å². The van der Waals surface area contributed by atoms with Gasteiger partial charge in [0, 0.05) is 106 Å². The van der Waals surface area contributed by atoms with Crippen molar-refractivity contribution in [3.05, 3.63) is 46.9 Å². The Morgan fingerprint density at radius 1 is 1.08 bits per heavy atom. The van der Waals surface area contributed by atoms with Crippen molar-refractivity contribution in [2.75, 3.05) is 50.7 Å². The van der Waals surface area contributed by atoms with Crippen molar-refractivity contribution in [3.63, 3.8) is 0 Å². The Labute approximate surface area is 284 Å². The third-order valence-corrected chi connectivity index (χ3v) is 11.4. The molecule has 9 nitrogen and oxygen atoms in total. The first kappa shape index (κ1) is 34.5. The number of hydrogen-bond donors (Lipinski definition) is 3. The Hall–Kier alpha value is -3.31. The van der Waals surface area contributed by atoms with Crippen molar-refractivity contribution < 1.29 is 13.6 Å². The quantitative estimate of drug-likeness (QED) is 0.264. The van der Waals surface area contributed by atoms with Crippen molar-refractivity contribution in [1.82, 2.24) is 30.2 Å². The first-order chi connectivity index (χ1) is 23.2. The number of carbonyl (C=O) groups is 1. The topological polar surface area (TPSA) is 92.5 Å². The predicted octanol–water partition coefficient (Wildman–Crippen LogP) is 5.87.